The van der Waals surface area contributed by atoms with Crippen molar-refractivity contribution in [1.82, 2.24) is 9.97 Å². The van der Waals surface area contributed by atoms with Gasteiger partial charge in [-0.3, -0.25) is 4.98 Å². The molecule has 0 unspecified atom stereocenters. The monoisotopic (exact) mass is 253 g/mol. The summed E-state index contributed by atoms with van der Waals surface area (Å²) in [4.78, 5) is 7.77. The Morgan fingerprint density at radius 2 is 2.16 bits per heavy atom. The van der Waals surface area contributed by atoms with E-state index in [1.807, 2.05) is 30.3 Å². The fourth-order valence-corrected chi connectivity index (χ4v) is 2.15. The van der Waals surface area contributed by atoms with Crippen molar-refractivity contribution in [3.05, 3.63) is 48.2 Å². The number of aromatic amines is 1. The average Bonchev–Trinajstić information content (AvgIpc) is 2.91. The lowest BCUT2D eigenvalue weighted by molar-refractivity contribution is 0.420. The van der Waals surface area contributed by atoms with E-state index < -0.39 is 0 Å². The SMILES string of the molecule is COc1cccc2[nH]c(-c3ccc(CN)cn3)cc12. The van der Waals surface area contributed by atoms with Crippen LogP contribution < -0.4 is 10.5 Å². The van der Waals surface area contributed by atoms with Gasteiger partial charge in [0.25, 0.3) is 0 Å². The minimum absolute atomic E-state index is 0.508. The smallest absolute Gasteiger partial charge is 0.128 e. The fraction of sp³-hybridized carbons (Fsp3) is 0.133. The molecule has 2 heterocycles. The Morgan fingerprint density at radius 3 is 2.84 bits per heavy atom. The maximum absolute atomic E-state index is 5.57. The molecule has 0 atom stereocenters. The third kappa shape index (κ3) is 2.06. The van der Waals surface area contributed by atoms with Crippen LogP contribution in [0.3, 0.4) is 0 Å². The van der Waals surface area contributed by atoms with Crippen molar-refractivity contribution in [1.29, 1.82) is 0 Å². The second-order valence-electron chi connectivity index (χ2n) is 4.36. The van der Waals surface area contributed by atoms with Crippen molar-refractivity contribution in [3.63, 3.8) is 0 Å². The summed E-state index contributed by atoms with van der Waals surface area (Å²) in [6, 6.07) is 12.0. The zero-order valence-electron chi connectivity index (χ0n) is 10.7. The van der Waals surface area contributed by atoms with E-state index >= 15 is 0 Å². The highest BCUT2D eigenvalue weighted by molar-refractivity contribution is 5.90. The van der Waals surface area contributed by atoms with E-state index in [0.29, 0.717) is 6.54 Å². The second kappa shape index (κ2) is 4.74. The van der Waals surface area contributed by atoms with Gasteiger partial charge in [-0.05, 0) is 29.8 Å². The summed E-state index contributed by atoms with van der Waals surface area (Å²) in [6.45, 7) is 0.508. The largest absolute Gasteiger partial charge is 0.496 e. The minimum Gasteiger partial charge on any atom is -0.496 e. The third-order valence-corrected chi connectivity index (χ3v) is 3.18. The van der Waals surface area contributed by atoms with Gasteiger partial charge in [-0.1, -0.05) is 12.1 Å². The Kier molecular flexibility index (Phi) is 2.93. The molecule has 0 amide bonds. The standard InChI is InChI=1S/C15H15N3O/c1-19-15-4-2-3-12-11(15)7-14(18-12)13-6-5-10(8-16)9-17-13/h2-7,9,18H,8,16H2,1H3. The molecule has 0 fully saturated rings. The Bertz CT molecular complexity index is 701. The number of fused-ring (bicyclic) bond motifs is 1. The highest BCUT2D eigenvalue weighted by Crippen LogP contribution is 2.29. The molecule has 0 bridgehead atoms. The molecule has 1 aromatic carbocycles. The van der Waals surface area contributed by atoms with Gasteiger partial charge < -0.3 is 15.5 Å². The summed E-state index contributed by atoms with van der Waals surface area (Å²) < 4.78 is 5.36. The molecule has 0 radical (unpaired) electrons. The van der Waals surface area contributed by atoms with E-state index in [4.69, 9.17) is 10.5 Å². The first kappa shape index (κ1) is 11.7. The lowest BCUT2D eigenvalue weighted by Crippen LogP contribution is -1.96. The molecule has 4 heteroatoms. The minimum atomic E-state index is 0.508. The van der Waals surface area contributed by atoms with Gasteiger partial charge >= 0.3 is 0 Å². The maximum atomic E-state index is 5.57. The van der Waals surface area contributed by atoms with Gasteiger partial charge in [0, 0.05) is 23.6 Å². The molecule has 96 valence electrons. The number of hydrogen-bond acceptors (Lipinski definition) is 3. The van der Waals surface area contributed by atoms with Crippen LogP contribution in [0.15, 0.2) is 42.6 Å². The number of hydrogen-bond donors (Lipinski definition) is 2. The molecule has 0 saturated heterocycles. The number of H-pyrrole nitrogens is 1. The number of rotatable bonds is 3. The summed E-state index contributed by atoms with van der Waals surface area (Å²) in [7, 11) is 1.68. The summed E-state index contributed by atoms with van der Waals surface area (Å²) in [5, 5.41) is 1.06. The molecule has 0 aliphatic rings. The molecule has 3 rings (SSSR count). The van der Waals surface area contributed by atoms with Crippen LogP contribution >= 0.6 is 0 Å². The normalized spacial score (nSPS) is 10.8. The lowest BCUT2D eigenvalue weighted by atomic mass is 10.2. The van der Waals surface area contributed by atoms with Crippen molar-refractivity contribution in [3.8, 4) is 17.1 Å². The van der Waals surface area contributed by atoms with Crippen LogP contribution in [0.25, 0.3) is 22.3 Å². The van der Waals surface area contributed by atoms with Gasteiger partial charge in [0.05, 0.1) is 18.5 Å². The third-order valence-electron chi connectivity index (χ3n) is 3.18. The predicted molar refractivity (Wildman–Crippen MR) is 76.0 cm³/mol. The van der Waals surface area contributed by atoms with Gasteiger partial charge in [0.1, 0.15) is 5.75 Å². The van der Waals surface area contributed by atoms with Crippen LogP contribution in [0, 0.1) is 0 Å². The quantitative estimate of drug-likeness (QED) is 0.754. The van der Waals surface area contributed by atoms with Crippen molar-refractivity contribution in [2.24, 2.45) is 5.73 Å². The van der Waals surface area contributed by atoms with Crippen LogP contribution in [0.4, 0.5) is 0 Å². The van der Waals surface area contributed by atoms with Crippen LogP contribution in [0.2, 0.25) is 0 Å². The molecule has 3 N–H and O–H groups in total. The molecule has 19 heavy (non-hydrogen) atoms. The van der Waals surface area contributed by atoms with E-state index in [0.717, 1.165) is 33.6 Å². The summed E-state index contributed by atoms with van der Waals surface area (Å²) in [6.07, 6.45) is 1.80. The Hall–Kier alpha value is -2.33. The summed E-state index contributed by atoms with van der Waals surface area (Å²) in [5.74, 6) is 0.860. The van der Waals surface area contributed by atoms with Crippen LogP contribution in [-0.2, 0) is 6.54 Å². The van der Waals surface area contributed by atoms with E-state index in [1.54, 1.807) is 13.3 Å². The number of benzene rings is 1. The predicted octanol–water partition coefficient (Wildman–Crippen LogP) is 2.70. The van der Waals surface area contributed by atoms with Crippen molar-refractivity contribution in [2.45, 2.75) is 6.54 Å². The van der Waals surface area contributed by atoms with Gasteiger partial charge in [-0.25, -0.2) is 0 Å². The highest BCUT2D eigenvalue weighted by atomic mass is 16.5. The number of nitrogens with one attached hydrogen (secondary N) is 1. The molecule has 4 nitrogen and oxygen atoms in total. The van der Waals surface area contributed by atoms with Crippen molar-refractivity contribution >= 4 is 10.9 Å². The van der Waals surface area contributed by atoms with Gasteiger partial charge in [0.2, 0.25) is 0 Å². The van der Waals surface area contributed by atoms with E-state index in [9.17, 15) is 0 Å². The van der Waals surface area contributed by atoms with Crippen molar-refractivity contribution in [2.75, 3.05) is 7.11 Å². The van der Waals surface area contributed by atoms with Crippen LogP contribution in [-0.4, -0.2) is 17.1 Å². The topological polar surface area (TPSA) is 63.9 Å². The van der Waals surface area contributed by atoms with E-state index in [2.05, 4.69) is 16.0 Å². The molecule has 0 spiro atoms. The number of methoxy groups -OCH3 is 1. The van der Waals surface area contributed by atoms with Gasteiger partial charge in [0.15, 0.2) is 0 Å². The van der Waals surface area contributed by atoms with E-state index in [1.165, 1.54) is 0 Å². The Labute approximate surface area is 111 Å². The number of nitrogens with two attached hydrogens (primary N) is 1. The molecular formula is C15H15N3O. The summed E-state index contributed by atoms with van der Waals surface area (Å²) in [5.41, 5.74) is 9.51. The Morgan fingerprint density at radius 1 is 1.26 bits per heavy atom. The second-order valence-corrected chi connectivity index (χ2v) is 4.36. The zero-order valence-corrected chi connectivity index (χ0v) is 10.7. The Balaban J connectivity index is 2.09. The van der Waals surface area contributed by atoms with Crippen LogP contribution in [0.1, 0.15) is 5.56 Å². The lowest BCUT2D eigenvalue weighted by Gasteiger charge is -1.99. The number of nitrogens with zero attached hydrogens (tertiary/aromatic N) is 1. The first-order valence-corrected chi connectivity index (χ1v) is 6.13. The average molecular weight is 253 g/mol. The molecule has 0 saturated carbocycles. The fourth-order valence-electron chi connectivity index (χ4n) is 2.15. The molecule has 0 aliphatic carbocycles. The summed E-state index contributed by atoms with van der Waals surface area (Å²) >= 11 is 0. The van der Waals surface area contributed by atoms with E-state index in [-0.39, 0.29) is 0 Å². The maximum Gasteiger partial charge on any atom is 0.128 e. The first-order valence-electron chi connectivity index (χ1n) is 6.13. The first-order chi connectivity index (χ1) is 9.31. The molecule has 2 aromatic heterocycles. The number of pyridine rings is 1. The molecule has 0 aliphatic heterocycles. The van der Waals surface area contributed by atoms with Gasteiger partial charge in [-0.2, -0.15) is 0 Å². The number of aromatic nitrogens is 2. The highest BCUT2D eigenvalue weighted by Gasteiger charge is 2.07. The zero-order chi connectivity index (χ0) is 13.2. The molecular weight excluding hydrogens is 238 g/mol. The van der Waals surface area contributed by atoms with Crippen LogP contribution in [0.5, 0.6) is 5.75 Å². The number of ether oxygens (including phenoxy) is 1. The van der Waals surface area contributed by atoms with Crippen molar-refractivity contribution < 1.29 is 4.74 Å². The molecule has 3 aromatic rings. The van der Waals surface area contributed by atoms with Gasteiger partial charge in [-0.15, -0.1) is 0 Å².